The molecule has 1 amide bonds. The molecule has 2 saturated heterocycles. The summed E-state index contributed by atoms with van der Waals surface area (Å²) in [6.45, 7) is 16.2. The predicted molar refractivity (Wildman–Crippen MR) is 162 cm³/mol. The number of hydrogen-bond acceptors (Lipinski definition) is 6. The molecule has 3 aromatic heterocycles. The van der Waals surface area contributed by atoms with Crippen LogP contribution in [0.2, 0.25) is 0 Å². The molecule has 1 aromatic carbocycles. The van der Waals surface area contributed by atoms with Crippen molar-refractivity contribution < 1.29 is 4.79 Å². The molecule has 0 atom stereocenters. The lowest BCUT2D eigenvalue weighted by atomic mass is 9.95. The minimum absolute atomic E-state index is 0.123. The van der Waals surface area contributed by atoms with Gasteiger partial charge in [-0.1, -0.05) is 49.4 Å². The van der Waals surface area contributed by atoms with E-state index in [1.165, 1.54) is 17.0 Å². The van der Waals surface area contributed by atoms with Crippen LogP contribution in [0.1, 0.15) is 49.6 Å². The number of nitrogens with zero attached hydrogens (tertiary/aromatic N) is 7. The molecule has 5 heterocycles. The lowest BCUT2D eigenvalue weighted by Crippen LogP contribution is -2.52. The van der Waals surface area contributed by atoms with E-state index in [1.54, 1.807) is 11.3 Å². The number of fused-ring (bicyclic) bond motifs is 1. The number of hydrogen-bond donors (Lipinski definition) is 0. The first kappa shape index (κ1) is 27.0. The third-order valence-corrected chi connectivity index (χ3v) is 9.74. The van der Waals surface area contributed by atoms with E-state index in [0.717, 1.165) is 86.5 Å². The minimum atomic E-state index is 0.123. The number of amides is 1. The van der Waals surface area contributed by atoms with Gasteiger partial charge in [0.05, 0.1) is 11.9 Å². The van der Waals surface area contributed by atoms with Crippen molar-refractivity contribution in [1.29, 1.82) is 0 Å². The lowest BCUT2D eigenvalue weighted by molar-refractivity contribution is -0.138. The minimum Gasteiger partial charge on any atom is -0.348 e. The summed E-state index contributed by atoms with van der Waals surface area (Å²) in [4.78, 5) is 26.0. The van der Waals surface area contributed by atoms with Crippen LogP contribution in [0.3, 0.4) is 0 Å². The topological polar surface area (TPSA) is 61.9 Å². The Labute approximate surface area is 241 Å². The van der Waals surface area contributed by atoms with Crippen molar-refractivity contribution >= 4 is 27.3 Å². The Morgan fingerprint density at radius 2 is 1.60 bits per heavy atom. The standard InChI is InChI=1S/C31H41N7OS/c1-22(2)25-7-9-26(10-8-25)28-21-38-30(32-28)40-31(33-38)36-13-11-27(12-14-36)29(39)35-18-15-34(16-19-35)17-20-37-23(3)5-6-24(37)4/h5-10,21-22,27H,11-20H2,1-4H3. The van der Waals surface area contributed by atoms with Crippen LogP contribution in [-0.4, -0.2) is 80.7 Å². The number of imidazole rings is 1. The van der Waals surface area contributed by atoms with Crippen molar-refractivity contribution in [3.05, 3.63) is 59.5 Å². The van der Waals surface area contributed by atoms with Crippen LogP contribution in [0.25, 0.3) is 16.2 Å². The largest absolute Gasteiger partial charge is 0.348 e. The van der Waals surface area contributed by atoms with Gasteiger partial charge in [-0.2, -0.15) is 0 Å². The fraction of sp³-hybridized carbons (Fsp3) is 0.516. The Kier molecular flexibility index (Phi) is 7.68. The average molecular weight is 560 g/mol. The van der Waals surface area contributed by atoms with Crippen molar-refractivity contribution in [3.63, 3.8) is 0 Å². The molecule has 0 N–H and O–H groups in total. The molecule has 0 saturated carbocycles. The number of piperidine rings is 1. The number of anilines is 1. The maximum atomic E-state index is 13.3. The van der Waals surface area contributed by atoms with Crippen molar-refractivity contribution in [1.82, 2.24) is 29.0 Å². The van der Waals surface area contributed by atoms with Gasteiger partial charge in [-0.15, -0.1) is 5.10 Å². The highest BCUT2D eigenvalue weighted by molar-refractivity contribution is 7.20. The van der Waals surface area contributed by atoms with Crippen LogP contribution < -0.4 is 4.90 Å². The Morgan fingerprint density at radius 1 is 0.925 bits per heavy atom. The number of benzene rings is 1. The first-order valence-corrected chi connectivity index (χ1v) is 15.5. The summed E-state index contributed by atoms with van der Waals surface area (Å²) in [7, 11) is 0. The van der Waals surface area contributed by atoms with Gasteiger partial charge in [0, 0.05) is 75.2 Å². The van der Waals surface area contributed by atoms with Crippen LogP contribution >= 0.6 is 11.3 Å². The van der Waals surface area contributed by atoms with Crippen molar-refractivity contribution in [2.45, 2.75) is 53.0 Å². The van der Waals surface area contributed by atoms with Crippen molar-refractivity contribution in [2.24, 2.45) is 5.92 Å². The Bertz CT molecular complexity index is 1400. The van der Waals surface area contributed by atoms with E-state index in [0.29, 0.717) is 11.8 Å². The number of carbonyl (C=O) groups is 1. The third-order valence-electron chi connectivity index (χ3n) is 8.76. The SMILES string of the molecule is Cc1ccc(C)n1CCN1CCN(C(=O)C2CCN(c3nn4cc(-c5ccc(C(C)C)cc5)nc4s3)CC2)CC1. The molecule has 0 aliphatic carbocycles. The second-order valence-corrected chi connectivity index (χ2v) is 12.6. The van der Waals surface area contributed by atoms with Gasteiger partial charge in [-0.25, -0.2) is 9.50 Å². The van der Waals surface area contributed by atoms with E-state index < -0.39 is 0 Å². The van der Waals surface area contributed by atoms with Crippen molar-refractivity contribution in [3.8, 4) is 11.3 Å². The molecule has 0 spiro atoms. The number of aromatic nitrogens is 4. The third kappa shape index (κ3) is 5.54. The summed E-state index contributed by atoms with van der Waals surface area (Å²) in [5.41, 5.74) is 6.06. The van der Waals surface area contributed by atoms with Gasteiger partial charge >= 0.3 is 0 Å². The van der Waals surface area contributed by atoms with E-state index in [-0.39, 0.29) is 5.92 Å². The summed E-state index contributed by atoms with van der Waals surface area (Å²) in [5.74, 6) is 0.990. The van der Waals surface area contributed by atoms with E-state index in [1.807, 2.05) is 10.7 Å². The molecule has 2 fully saturated rings. The van der Waals surface area contributed by atoms with E-state index >= 15 is 0 Å². The zero-order valence-electron chi connectivity index (χ0n) is 24.2. The van der Waals surface area contributed by atoms with Gasteiger partial charge in [0.2, 0.25) is 16.0 Å². The van der Waals surface area contributed by atoms with E-state index in [9.17, 15) is 4.79 Å². The normalized spacial score (nSPS) is 17.4. The molecule has 212 valence electrons. The van der Waals surface area contributed by atoms with Gasteiger partial charge in [-0.05, 0) is 50.3 Å². The molecule has 9 heteroatoms. The molecular weight excluding hydrogens is 518 g/mol. The highest BCUT2D eigenvalue weighted by Gasteiger charge is 2.31. The van der Waals surface area contributed by atoms with E-state index in [4.69, 9.17) is 10.1 Å². The number of aryl methyl sites for hydroxylation is 2. The van der Waals surface area contributed by atoms with Crippen LogP contribution in [0.4, 0.5) is 5.13 Å². The van der Waals surface area contributed by atoms with Gasteiger partial charge in [0.15, 0.2) is 0 Å². The van der Waals surface area contributed by atoms with Gasteiger partial charge in [0.25, 0.3) is 0 Å². The number of piperazine rings is 1. The second-order valence-electron chi connectivity index (χ2n) is 11.7. The summed E-state index contributed by atoms with van der Waals surface area (Å²) in [6, 6.07) is 13.0. The molecule has 0 bridgehead atoms. The fourth-order valence-electron chi connectivity index (χ4n) is 6.06. The van der Waals surface area contributed by atoms with Gasteiger partial charge < -0.3 is 14.4 Å². The van der Waals surface area contributed by atoms with E-state index in [2.05, 4.69) is 83.4 Å². The smallest absolute Gasteiger partial charge is 0.225 e. The first-order chi connectivity index (χ1) is 19.4. The zero-order chi connectivity index (χ0) is 27.8. The highest BCUT2D eigenvalue weighted by atomic mass is 32.1. The van der Waals surface area contributed by atoms with Crippen LogP contribution in [0.5, 0.6) is 0 Å². The number of rotatable bonds is 7. The summed E-state index contributed by atoms with van der Waals surface area (Å²) in [6.07, 6.45) is 3.80. The van der Waals surface area contributed by atoms with Crippen LogP contribution in [-0.2, 0) is 11.3 Å². The molecule has 0 unspecified atom stereocenters. The Hall–Kier alpha value is -3.17. The Balaban J connectivity index is 0.985. The van der Waals surface area contributed by atoms with Crippen LogP contribution in [0, 0.1) is 19.8 Å². The van der Waals surface area contributed by atoms with Gasteiger partial charge in [0.1, 0.15) is 0 Å². The lowest BCUT2D eigenvalue weighted by Gasteiger charge is -2.38. The van der Waals surface area contributed by atoms with Gasteiger partial charge in [-0.3, -0.25) is 9.69 Å². The molecule has 8 nitrogen and oxygen atoms in total. The molecule has 6 rings (SSSR count). The first-order valence-electron chi connectivity index (χ1n) is 14.7. The van der Waals surface area contributed by atoms with Crippen molar-refractivity contribution in [2.75, 3.05) is 50.7 Å². The average Bonchev–Trinajstić information content (AvgIpc) is 3.65. The maximum Gasteiger partial charge on any atom is 0.225 e. The molecule has 40 heavy (non-hydrogen) atoms. The predicted octanol–water partition coefficient (Wildman–Crippen LogP) is 5.06. The monoisotopic (exact) mass is 559 g/mol. The summed E-state index contributed by atoms with van der Waals surface area (Å²) >= 11 is 1.63. The summed E-state index contributed by atoms with van der Waals surface area (Å²) < 4.78 is 4.29. The summed E-state index contributed by atoms with van der Waals surface area (Å²) in [5, 5.41) is 5.84. The highest BCUT2D eigenvalue weighted by Crippen LogP contribution is 2.31. The molecule has 2 aliphatic heterocycles. The second kappa shape index (κ2) is 11.4. The molecule has 4 aromatic rings. The zero-order valence-corrected chi connectivity index (χ0v) is 25.0. The number of carbonyl (C=O) groups excluding carboxylic acids is 1. The molecular formula is C31H41N7OS. The maximum absolute atomic E-state index is 13.3. The molecule has 2 aliphatic rings. The quantitative estimate of drug-likeness (QED) is 0.317. The fourth-order valence-corrected chi connectivity index (χ4v) is 6.99. The molecule has 0 radical (unpaired) electrons. The Morgan fingerprint density at radius 3 is 2.23 bits per heavy atom. The van der Waals surface area contributed by atoms with Crippen LogP contribution in [0.15, 0.2) is 42.6 Å².